The van der Waals surface area contributed by atoms with Gasteiger partial charge in [0.2, 0.25) is 0 Å². The number of aldehydes is 1. The first-order valence-corrected chi connectivity index (χ1v) is 4.27. The van der Waals surface area contributed by atoms with Crippen LogP contribution in [0.15, 0.2) is 22.3 Å². The molecule has 0 unspecified atom stereocenters. The highest BCUT2D eigenvalue weighted by molar-refractivity contribution is 5.75. The Kier molecular flexibility index (Phi) is 4.84. The summed E-state index contributed by atoms with van der Waals surface area (Å²) in [7, 11) is 0. The molecule has 0 radical (unpaired) electrons. The molecule has 1 heteroatoms. The van der Waals surface area contributed by atoms with Gasteiger partial charge in [-0.25, -0.2) is 0 Å². The summed E-state index contributed by atoms with van der Waals surface area (Å²) < 4.78 is 0. The molecular weight excluding hydrogens is 160 g/mol. The van der Waals surface area contributed by atoms with Gasteiger partial charge in [0.1, 0.15) is 6.29 Å². The lowest BCUT2D eigenvalue weighted by Gasteiger charge is -1.92. The molecule has 0 aliphatic heterocycles. The van der Waals surface area contributed by atoms with Crippen molar-refractivity contribution in [1.29, 1.82) is 0 Å². The fourth-order valence-corrected chi connectivity index (χ4v) is 0.499. The van der Waals surface area contributed by atoms with Crippen molar-refractivity contribution in [3.05, 3.63) is 22.3 Å². The Morgan fingerprint density at radius 1 is 0.923 bits per heavy atom. The summed E-state index contributed by atoms with van der Waals surface area (Å²) in [4.78, 5) is 10.4. The van der Waals surface area contributed by atoms with Gasteiger partial charge in [-0.1, -0.05) is 17.4 Å². The molecule has 70 valence electrons. The molecule has 0 rings (SSSR count). The topological polar surface area (TPSA) is 17.1 Å². The minimum Gasteiger partial charge on any atom is -0.298 e. The lowest BCUT2D eigenvalue weighted by molar-refractivity contribution is -0.104. The SMILES string of the molecule is CC(C)=C(C)C#CC(C)=C(C)C=O. The summed E-state index contributed by atoms with van der Waals surface area (Å²) in [5.41, 5.74) is 3.83. The van der Waals surface area contributed by atoms with Crippen LogP contribution in [0.1, 0.15) is 34.6 Å². The van der Waals surface area contributed by atoms with Crippen molar-refractivity contribution < 1.29 is 4.79 Å². The zero-order chi connectivity index (χ0) is 10.4. The van der Waals surface area contributed by atoms with Crippen molar-refractivity contribution in [2.75, 3.05) is 0 Å². The lowest BCUT2D eigenvalue weighted by atomic mass is 10.1. The first-order valence-electron chi connectivity index (χ1n) is 4.27. The number of rotatable bonds is 1. The highest BCUT2D eigenvalue weighted by Gasteiger charge is 1.90. The molecule has 0 fully saturated rings. The predicted octanol–water partition coefficient (Wildman–Crippen LogP) is 2.88. The van der Waals surface area contributed by atoms with Crippen molar-refractivity contribution in [1.82, 2.24) is 0 Å². The smallest absolute Gasteiger partial charge is 0.146 e. The molecule has 1 nitrogen and oxygen atoms in total. The van der Waals surface area contributed by atoms with Crippen LogP contribution < -0.4 is 0 Å². The van der Waals surface area contributed by atoms with Crippen LogP contribution in [0, 0.1) is 11.8 Å². The first-order chi connectivity index (χ1) is 5.99. The maximum absolute atomic E-state index is 10.4. The van der Waals surface area contributed by atoms with Crippen LogP contribution in [0.5, 0.6) is 0 Å². The maximum atomic E-state index is 10.4. The Hall–Kier alpha value is -1.29. The number of hydrogen-bond acceptors (Lipinski definition) is 1. The molecule has 0 aromatic carbocycles. The van der Waals surface area contributed by atoms with Gasteiger partial charge in [-0.15, -0.1) is 0 Å². The zero-order valence-corrected chi connectivity index (χ0v) is 8.99. The second kappa shape index (κ2) is 5.37. The Morgan fingerprint density at radius 2 is 1.38 bits per heavy atom. The van der Waals surface area contributed by atoms with E-state index < -0.39 is 0 Å². The number of carbonyl (C=O) groups excluding carboxylic acids is 1. The fraction of sp³-hybridized carbons (Fsp3) is 0.417. The van der Waals surface area contributed by atoms with Gasteiger partial charge in [0.25, 0.3) is 0 Å². The van der Waals surface area contributed by atoms with Gasteiger partial charge < -0.3 is 0 Å². The average Bonchev–Trinajstić information content (AvgIpc) is 2.11. The van der Waals surface area contributed by atoms with Crippen LogP contribution in [-0.2, 0) is 4.79 Å². The summed E-state index contributed by atoms with van der Waals surface area (Å²) in [6.07, 6.45) is 0.835. The Morgan fingerprint density at radius 3 is 1.77 bits per heavy atom. The summed E-state index contributed by atoms with van der Waals surface area (Å²) >= 11 is 0. The predicted molar refractivity (Wildman–Crippen MR) is 56.3 cm³/mol. The van der Waals surface area contributed by atoms with Gasteiger partial charge in [0.05, 0.1) is 0 Å². The molecule has 0 amide bonds. The van der Waals surface area contributed by atoms with Gasteiger partial charge >= 0.3 is 0 Å². The molecule has 13 heavy (non-hydrogen) atoms. The van der Waals surface area contributed by atoms with E-state index in [2.05, 4.69) is 11.8 Å². The third kappa shape index (κ3) is 4.32. The third-order valence-corrected chi connectivity index (χ3v) is 1.96. The molecule has 0 bridgehead atoms. The van der Waals surface area contributed by atoms with Crippen LogP contribution in [0.4, 0.5) is 0 Å². The van der Waals surface area contributed by atoms with Crippen LogP contribution in [-0.4, -0.2) is 6.29 Å². The molecular formula is C12H16O. The van der Waals surface area contributed by atoms with Crippen LogP contribution >= 0.6 is 0 Å². The van der Waals surface area contributed by atoms with Crippen LogP contribution in [0.2, 0.25) is 0 Å². The van der Waals surface area contributed by atoms with E-state index in [1.165, 1.54) is 5.57 Å². The van der Waals surface area contributed by atoms with Gasteiger partial charge in [0.15, 0.2) is 0 Å². The standard InChI is InChI=1S/C12H16O/c1-9(2)10(3)6-7-11(4)12(5)8-13/h8H,1-5H3. The molecule has 0 aromatic rings. The zero-order valence-electron chi connectivity index (χ0n) is 8.99. The Labute approximate surface area is 80.5 Å². The number of carbonyl (C=O) groups is 1. The quantitative estimate of drug-likeness (QED) is 0.341. The van der Waals surface area contributed by atoms with Gasteiger partial charge in [0, 0.05) is 11.1 Å². The second-order valence-electron chi connectivity index (χ2n) is 3.30. The average molecular weight is 176 g/mol. The summed E-state index contributed by atoms with van der Waals surface area (Å²) in [6, 6.07) is 0. The second-order valence-corrected chi connectivity index (χ2v) is 3.30. The summed E-state index contributed by atoms with van der Waals surface area (Å²) in [5.74, 6) is 5.96. The van der Waals surface area contributed by atoms with Crippen molar-refractivity contribution in [2.24, 2.45) is 0 Å². The first kappa shape index (κ1) is 11.7. The largest absolute Gasteiger partial charge is 0.298 e. The van der Waals surface area contributed by atoms with E-state index in [4.69, 9.17) is 0 Å². The van der Waals surface area contributed by atoms with E-state index in [0.717, 1.165) is 17.4 Å². The highest BCUT2D eigenvalue weighted by Crippen LogP contribution is 2.02. The van der Waals surface area contributed by atoms with E-state index in [1.807, 2.05) is 27.7 Å². The molecule has 0 N–H and O–H groups in total. The monoisotopic (exact) mass is 176 g/mol. The lowest BCUT2D eigenvalue weighted by Crippen LogP contribution is -1.82. The third-order valence-electron chi connectivity index (χ3n) is 1.96. The highest BCUT2D eigenvalue weighted by atomic mass is 16.1. The minimum atomic E-state index is 0.703. The molecule has 0 aliphatic rings. The van der Waals surface area contributed by atoms with Crippen LogP contribution in [0.3, 0.4) is 0 Å². The minimum absolute atomic E-state index is 0.703. The molecule has 0 saturated heterocycles. The van der Waals surface area contributed by atoms with E-state index in [9.17, 15) is 4.79 Å². The number of hydrogen-bond donors (Lipinski definition) is 0. The van der Waals surface area contributed by atoms with Gasteiger partial charge in [-0.05, 0) is 40.2 Å². The van der Waals surface area contributed by atoms with Gasteiger partial charge in [-0.2, -0.15) is 0 Å². The van der Waals surface area contributed by atoms with E-state index in [1.54, 1.807) is 6.92 Å². The molecule has 0 saturated carbocycles. The normalized spacial score (nSPS) is 10.8. The molecule has 0 aliphatic carbocycles. The van der Waals surface area contributed by atoms with Gasteiger partial charge in [-0.3, -0.25) is 4.79 Å². The van der Waals surface area contributed by atoms with E-state index >= 15 is 0 Å². The fourth-order valence-electron chi connectivity index (χ4n) is 0.499. The summed E-state index contributed by atoms with van der Waals surface area (Å²) in [5, 5.41) is 0. The Bertz CT molecular complexity index is 315. The van der Waals surface area contributed by atoms with E-state index in [-0.39, 0.29) is 0 Å². The van der Waals surface area contributed by atoms with Crippen molar-refractivity contribution >= 4 is 6.29 Å². The maximum Gasteiger partial charge on any atom is 0.146 e. The summed E-state index contributed by atoms with van der Waals surface area (Å²) in [6.45, 7) is 9.65. The van der Waals surface area contributed by atoms with Crippen LogP contribution in [0.25, 0.3) is 0 Å². The molecule has 0 atom stereocenters. The van der Waals surface area contributed by atoms with Crippen molar-refractivity contribution in [3.8, 4) is 11.8 Å². The molecule has 0 heterocycles. The van der Waals surface area contributed by atoms with E-state index in [0.29, 0.717) is 5.57 Å². The Balaban J connectivity index is 4.82. The molecule has 0 aromatic heterocycles. The van der Waals surface area contributed by atoms with Crippen molar-refractivity contribution in [3.63, 3.8) is 0 Å². The number of allylic oxidation sites excluding steroid dienone is 4. The molecule has 0 spiro atoms. The van der Waals surface area contributed by atoms with Crippen molar-refractivity contribution in [2.45, 2.75) is 34.6 Å².